The first-order chi connectivity index (χ1) is 38.3. The first-order valence-electron chi connectivity index (χ1n) is 29.8. The van der Waals surface area contributed by atoms with Crippen molar-refractivity contribution in [3.63, 3.8) is 0 Å². The van der Waals surface area contributed by atoms with Crippen LogP contribution >= 0.6 is 0 Å². The molecule has 0 fully saturated rings. The van der Waals surface area contributed by atoms with Gasteiger partial charge in [0.2, 0.25) is 0 Å². The van der Waals surface area contributed by atoms with Crippen LogP contribution in [0.1, 0.15) is 233 Å². The monoisotopic (exact) mass is 1130 g/mol. The highest BCUT2D eigenvalue weighted by Crippen LogP contribution is 2.49. The van der Waals surface area contributed by atoms with E-state index in [4.69, 9.17) is 13.3 Å². The van der Waals surface area contributed by atoms with Crippen molar-refractivity contribution >= 4 is 66.6 Å². The summed E-state index contributed by atoms with van der Waals surface area (Å²) in [5.41, 5.74) is 11.2. The van der Waals surface area contributed by atoms with Crippen LogP contribution in [-0.4, -0.2) is 29.9 Å². The molecule has 84 heavy (non-hydrogen) atoms. The van der Waals surface area contributed by atoms with Gasteiger partial charge in [0, 0.05) is 49.6 Å². The number of hydrogen-bond acceptors (Lipinski definition) is 6. The Hall–Kier alpha value is -7.47. The van der Waals surface area contributed by atoms with E-state index in [1.54, 1.807) is 0 Å². The molecule has 0 amide bonds. The predicted molar refractivity (Wildman–Crippen MR) is 348 cm³/mol. The van der Waals surface area contributed by atoms with E-state index < -0.39 is 33.3 Å². The van der Waals surface area contributed by atoms with Gasteiger partial charge in [0.15, 0.2) is 33.5 Å². The van der Waals surface area contributed by atoms with Crippen molar-refractivity contribution in [1.82, 2.24) is 29.9 Å². The average Bonchev–Trinajstić information content (AvgIpc) is 0.814. The summed E-state index contributed by atoms with van der Waals surface area (Å²) in [7, 11) is 0. The number of H-pyrrole nitrogens is 6. The minimum atomic E-state index is -0.700. The van der Waals surface area contributed by atoms with Gasteiger partial charge in [-0.1, -0.05) is 203 Å². The van der Waals surface area contributed by atoms with Gasteiger partial charge >= 0.3 is 17.1 Å². The molecule has 6 aromatic carbocycles. The zero-order valence-electron chi connectivity index (χ0n) is 54.4. The SMILES string of the molecule is CC(C)(C)c1cc2c3oc4c(cc(C(C)(C)C)cc4[nH]c(=O)[nH]c4cc(C(C)(C)C)cc5c4oc4c(cc(C(C)(C)C)cc4[nH]c(=O)[nH]c4cc(C(C)(C)C)cc6c4oc4c(cc(C(C)(C)C)cc4[nH]c(=O)[nH]c3c1)C6(C)C)C5(C)C)C2(C)C. The summed E-state index contributed by atoms with van der Waals surface area (Å²) in [6, 6.07) is 25.0. The molecule has 10 rings (SSSR count). The molecule has 7 aromatic rings. The molecule has 0 spiro atoms. The van der Waals surface area contributed by atoms with Crippen molar-refractivity contribution in [2.24, 2.45) is 0 Å². The molecule has 4 heterocycles. The normalized spacial score (nSPS) is 15.6. The van der Waals surface area contributed by atoms with Crippen LogP contribution in [0.4, 0.5) is 0 Å². The molecular weight excluding hydrogens is 1040 g/mol. The second-order valence-electron chi connectivity index (χ2n) is 31.8. The van der Waals surface area contributed by atoms with Crippen LogP contribution < -0.4 is 17.1 Å². The van der Waals surface area contributed by atoms with Crippen molar-refractivity contribution in [1.29, 1.82) is 0 Å². The largest absolute Gasteiger partial charge is 0.452 e. The third-order valence-corrected chi connectivity index (χ3v) is 17.9. The molecule has 0 aliphatic carbocycles. The Morgan fingerprint density at radius 1 is 0.250 bits per heavy atom. The van der Waals surface area contributed by atoms with Crippen LogP contribution in [0.15, 0.2) is 100 Å². The van der Waals surface area contributed by atoms with Crippen molar-refractivity contribution in [3.8, 4) is 0 Å². The van der Waals surface area contributed by atoms with Crippen molar-refractivity contribution < 1.29 is 13.3 Å². The first-order valence-corrected chi connectivity index (χ1v) is 29.8. The summed E-state index contributed by atoms with van der Waals surface area (Å²) in [6.45, 7) is 51.8. The standard InChI is InChI=1S/C72H90N6O6/c1-64(2,3)37-25-43-55-49(31-37)73-61(79)74-51-33-39(66(7,8)9)27-45-57(51)83-58-46(71(45,21)22)28-40(67(10,11)12)34-52(58)77-63(81)78-54-36-42(69(16,17)18)30-48-60(54)84-59-47(72(48,23)24)29-41(68(13,14)15)35-53(59)76-62(80)75-50-32-38(65(4,5)6)26-44(56(50)82-55)70(43,19)20/h25-36H,1-24H3,(H2,73,74,79)(H2,75,76,80)(H2,77,78,81). The molecule has 3 aliphatic heterocycles. The Labute approximate surface area is 493 Å². The van der Waals surface area contributed by atoms with E-state index in [9.17, 15) is 0 Å². The number of nitrogens with one attached hydrogen (secondary N) is 6. The molecule has 0 saturated carbocycles. The lowest BCUT2D eigenvalue weighted by Gasteiger charge is -2.33. The summed E-state index contributed by atoms with van der Waals surface area (Å²) in [5, 5.41) is 0. The fourth-order valence-electron chi connectivity index (χ4n) is 11.9. The lowest BCUT2D eigenvalue weighted by molar-refractivity contribution is 0.542. The van der Waals surface area contributed by atoms with Crippen LogP contribution in [0.25, 0.3) is 66.6 Å². The average molecular weight is 1140 g/mol. The second-order valence-corrected chi connectivity index (χ2v) is 31.8. The van der Waals surface area contributed by atoms with Gasteiger partial charge in [-0.2, -0.15) is 0 Å². The number of aromatic amines is 6. The summed E-state index contributed by atoms with van der Waals surface area (Å²) in [6.07, 6.45) is 0. The highest BCUT2D eigenvalue weighted by atomic mass is 16.3. The van der Waals surface area contributed by atoms with Gasteiger partial charge in [0.1, 0.15) is 0 Å². The van der Waals surface area contributed by atoms with E-state index in [1.165, 1.54) is 0 Å². The van der Waals surface area contributed by atoms with Gasteiger partial charge < -0.3 is 43.2 Å². The maximum atomic E-state index is 15.2. The summed E-state index contributed by atoms with van der Waals surface area (Å²) >= 11 is 0. The zero-order valence-corrected chi connectivity index (χ0v) is 54.4. The zero-order chi connectivity index (χ0) is 61.9. The number of benzene rings is 6. The highest BCUT2D eigenvalue weighted by Gasteiger charge is 2.39. The fourth-order valence-corrected chi connectivity index (χ4v) is 11.9. The van der Waals surface area contributed by atoms with Gasteiger partial charge in [-0.15, -0.1) is 0 Å². The molecule has 6 bridgehead atoms. The number of aromatic nitrogens is 6. The van der Waals surface area contributed by atoms with E-state index in [-0.39, 0.29) is 32.5 Å². The van der Waals surface area contributed by atoms with Crippen molar-refractivity contribution in [3.05, 3.63) is 171 Å². The lowest BCUT2D eigenvalue weighted by Crippen LogP contribution is -2.26. The van der Waals surface area contributed by atoms with Crippen molar-refractivity contribution in [2.45, 2.75) is 215 Å². The summed E-state index contributed by atoms with van der Waals surface area (Å²) in [4.78, 5) is 65.1. The van der Waals surface area contributed by atoms with Gasteiger partial charge in [-0.05, 0) is 102 Å². The third-order valence-electron chi connectivity index (χ3n) is 17.9. The summed E-state index contributed by atoms with van der Waals surface area (Å²) in [5.74, 6) is 0. The van der Waals surface area contributed by atoms with Gasteiger partial charge in [-0.25, -0.2) is 14.4 Å². The van der Waals surface area contributed by atoms with E-state index in [1.807, 2.05) is 36.4 Å². The quantitative estimate of drug-likeness (QED) is 0.0877. The predicted octanol–water partition coefficient (Wildman–Crippen LogP) is 17.9. The molecule has 0 unspecified atom stereocenters. The number of rotatable bonds is 0. The number of hydrogen-bond donors (Lipinski definition) is 6. The Morgan fingerprint density at radius 2 is 0.381 bits per heavy atom. The minimum Gasteiger partial charge on any atom is -0.452 e. The second kappa shape index (κ2) is 19.0. The molecule has 1 aromatic heterocycles. The minimum absolute atomic E-state index is 0.333. The van der Waals surface area contributed by atoms with Gasteiger partial charge in [0.25, 0.3) is 0 Å². The summed E-state index contributed by atoms with van der Waals surface area (Å²) < 4.78 is 21.6. The topological polar surface area (TPSA) is 185 Å². The Balaban J connectivity index is 1.53. The molecule has 444 valence electrons. The lowest BCUT2D eigenvalue weighted by atomic mass is 9.72. The van der Waals surface area contributed by atoms with E-state index in [2.05, 4.69) is 232 Å². The molecule has 0 atom stereocenters. The highest BCUT2D eigenvalue weighted by molar-refractivity contribution is 5.91. The first kappa shape index (κ1) is 59.7. The Bertz CT molecular complexity index is 3850. The molecule has 6 N–H and O–H groups in total. The maximum Gasteiger partial charge on any atom is 0.323 e. The Morgan fingerprint density at radius 3 is 0.500 bits per heavy atom. The maximum absolute atomic E-state index is 15.2. The molecule has 0 saturated heterocycles. The van der Waals surface area contributed by atoms with E-state index >= 15 is 14.4 Å². The molecule has 0 radical (unpaired) electrons. The van der Waals surface area contributed by atoms with Crippen LogP contribution in [0.3, 0.4) is 0 Å². The van der Waals surface area contributed by atoms with Crippen LogP contribution in [0.5, 0.6) is 0 Å². The van der Waals surface area contributed by atoms with Gasteiger partial charge in [0.05, 0.1) is 33.1 Å². The molecular formula is C72H90N6O6. The van der Waals surface area contributed by atoms with Crippen LogP contribution in [0.2, 0.25) is 0 Å². The Kier molecular flexibility index (Phi) is 13.5. The fraction of sp³-hybridized carbons (Fsp3) is 0.458. The van der Waals surface area contributed by atoms with Gasteiger partial charge in [-0.3, -0.25) is 0 Å². The van der Waals surface area contributed by atoms with E-state index in [0.717, 1.165) is 66.8 Å². The van der Waals surface area contributed by atoms with Crippen LogP contribution in [0, 0.1) is 0 Å². The van der Waals surface area contributed by atoms with E-state index in [0.29, 0.717) is 66.6 Å². The smallest absolute Gasteiger partial charge is 0.323 e. The molecule has 12 heteroatoms. The molecule has 3 aliphatic rings. The van der Waals surface area contributed by atoms with Crippen LogP contribution in [-0.2, 0) is 48.7 Å². The van der Waals surface area contributed by atoms with Crippen molar-refractivity contribution in [2.75, 3.05) is 0 Å². The molecule has 12 nitrogen and oxygen atoms in total. The third kappa shape index (κ3) is 10.4.